The highest BCUT2D eigenvalue weighted by molar-refractivity contribution is 6.43. The van der Waals surface area contributed by atoms with E-state index < -0.39 is 36.7 Å². The number of rotatable bonds is 8. The molecular formula is C19H30BClN2O5. The zero-order valence-corrected chi connectivity index (χ0v) is 17.8. The molecule has 1 rings (SSSR count). The fourth-order valence-electron chi connectivity index (χ4n) is 2.64. The minimum absolute atomic E-state index is 0.110. The van der Waals surface area contributed by atoms with Crippen LogP contribution in [-0.2, 0) is 9.53 Å². The molecule has 0 radical (unpaired) electrons. The van der Waals surface area contributed by atoms with Gasteiger partial charge in [-0.1, -0.05) is 37.6 Å². The second kappa shape index (κ2) is 10.7. The van der Waals surface area contributed by atoms with E-state index >= 15 is 0 Å². The van der Waals surface area contributed by atoms with Crippen molar-refractivity contribution in [1.29, 1.82) is 0 Å². The van der Waals surface area contributed by atoms with Crippen LogP contribution in [-0.4, -0.2) is 40.7 Å². The molecule has 0 aromatic heterocycles. The molecule has 7 nitrogen and oxygen atoms in total. The summed E-state index contributed by atoms with van der Waals surface area (Å²) in [6.45, 7) is 9.06. The molecule has 2 unspecified atom stereocenters. The molecule has 1 aromatic rings. The molecule has 28 heavy (non-hydrogen) atoms. The van der Waals surface area contributed by atoms with Gasteiger partial charge in [-0.15, -0.1) is 0 Å². The molecule has 2 amide bonds. The first kappa shape index (κ1) is 24.3. The van der Waals surface area contributed by atoms with Gasteiger partial charge in [0.1, 0.15) is 5.60 Å². The average Bonchev–Trinajstić information content (AvgIpc) is 2.51. The lowest BCUT2D eigenvalue weighted by molar-refractivity contribution is -0.122. The number of hydrogen-bond donors (Lipinski definition) is 4. The molecule has 0 aliphatic heterocycles. The van der Waals surface area contributed by atoms with E-state index in [1.807, 2.05) is 13.8 Å². The molecule has 0 fully saturated rings. The Morgan fingerprint density at radius 1 is 1.21 bits per heavy atom. The summed E-state index contributed by atoms with van der Waals surface area (Å²) >= 11 is 6.04. The number of halogens is 1. The van der Waals surface area contributed by atoms with E-state index in [-0.39, 0.29) is 12.3 Å². The van der Waals surface area contributed by atoms with Gasteiger partial charge in [0.2, 0.25) is 5.91 Å². The van der Waals surface area contributed by atoms with E-state index in [2.05, 4.69) is 10.6 Å². The standard InChI is InChI=1S/C19H30BClN2O5/c1-12(2)9-16(20(26)27)23-17(24)11-15(13-7-6-8-14(21)10-13)22-18(25)28-19(3,4)5/h6-8,10,12,15-16,26-27H,9,11H2,1-5H3,(H,22,25)(H,23,24). The van der Waals surface area contributed by atoms with E-state index in [4.69, 9.17) is 16.3 Å². The van der Waals surface area contributed by atoms with Crippen molar-refractivity contribution in [2.75, 3.05) is 0 Å². The predicted molar refractivity (Wildman–Crippen MR) is 110 cm³/mol. The van der Waals surface area contributed by atoms with E-state index in [9.17, 15) is 19.6 Å². The quantitative estimate of drug-likeness (QED) is 0.491. The van der Waals surface area contributed by atoms with Gasteiger partial charge in [0.15, 0.2) is 0 Å². The number of carbonyl (C=O) groups is 2. The van der Waals surface area contributed by atoms with Crippen molar-refractivity contribution in [3.8, 4) is 0 Å². The molecule has 0 saturated heterocycles. The molecule has 4 N–H and O–H groups in total. The summed E-state index contributed by atoms with van der Waals surface area (Å²) in [5.41, 5.74) is -0.0485. The molecule has 0 bridgehead atoms. The lowest BCUT2D eigenvalue weighted by Crippen LogP contribution is -2.48. The number of amides is 2. The van der Waals surface area contributed by atoms with Crippen LogP contribution in [0.5, 0.6) is 0 Å². The topological polar surface area (TPSA) is 108 Å². The molecule has 9 heteroatoms. The van der Waals surface area contributed by atoms with Crippen molar-refractivity contribution in [3.63, 3.8) is 0 Å². The van der Waals surface area contributed by atoms with Crippen LogP contribution in [0.4, 0.5) is 4.79 Å². The van der Waals surface area contributed by atoms with Crippen molar-refractivity contribution < 1.29 is 24.4 Å². The van der Waals surface area contributed by atoms with Crippen molar-refractivity contribution >= 4 is 30.7 Å². The van der Waals surface area contributed by atoms with Gasteiger partial charge in [0.05, 0.1) is 18.4 Å². The van der Waals surface area contributed by atoms with Crippen LogP contribution < -0.4 is 10.6 Å². The van der Waals surface area contributed by atoms with Gasteiger partial charge in [-0.3, -0.25) is 4.79 Å². The summed E-state index contributed by atoms with van der Waals surface area (Å²) in [4.78, 5) is 24.7. The number of ether oxygens (including phenoxy) is 1. The molecule has 0 heterocycles. The summed E-state index contributed by atoms with van der Waals surface area (Å²) < 4.78 is 5.28. The highest BCUT2D eigenvalue weighted by atomic mass is 35.5. The highest BCUT2D eigenvalue weighted by Crippen LogP contribution is 2.22. The summed E-state index contributed by atoms with van der Waals surface area (Å²) in [7, 11) is -1.67. The minimum Gasteiger partial charge on any atom is -0.444 e. The van der Waals surface area contributed by atoms with Crippen molar-refractivity contribution in [3.05, 3.63) is 34.9 Å². The van der Waals surface area contributed by atoms with Gasteiger partial charge in [0, 0.05) is 5.02 Å². The number of alkyl carbamates (subject to hydrolysis) is 1. The molecule has 0 spiro atoms. The van der Waals surface area contributed by atoms with Crippen LogP contribution in [0.2, 0.25) is 5.02 Å². The molecule has 0 aliphatic carbocycles. The lowest BCUT2D eigenvalue weighted by Gasteiger charge is -2.25. The van der Waals surface area contributed by atoms with Crippen LogP contribution in [0, 0.1) is 5.92 Å². The number of hydrogen-bond acceptors (Lipinski definition) is 5. The molecule has 0 aliphatic rings. The maximum Gasteiger partial charge on any atom is 0.475 e. The zero-order valence-electron chi connectivity index (χ0n) is 17.0. The van der Waals surface area contributed by atoms with Gasteiger partial charge < -0.3 is 25.4 Å². The number of benzene rings is 1. The average molecular weight is 413 g/mol. The third-order valence-corrected chi connectivity index (χ3v) is 4.00. The summed E-state index contributed by atoms with van der Waals surface area (Å²) in [5.74, 6) is -1.07. The largest absolute Gasteiger partial charge is 0.475 e. The Kier molecular flexibility index (Phi) is 9.27. The van der Waals surface area contributed by atoms with Gasteiger partial charge in [-0.2, -0.15) is 0 Å². The summed E-state index contributed by atoms with van der Waals surface area (Å²) in [5, 5.41) is 24.8. The van der Waals surface area contributed by atoms with Crippen LogP contribution in [0.3, 0.4) is 0 Å². The van der Waals surface area contributed by atoms with Crippen molar-refractivity contribution in [2.45, 2.75) is 65.0 Å². The third-order valence-electron chi connectivity index (χ3n) is 3.76. The van der Waals surface area contributed by atoms with Crippen LogP contribution in [0.25, 0.3) is 0 Å². The van der Waals surface area contributed by atoms with Gasteiger partial charge in [-0.05, 0) is 50.8 Å². The third kappa shape index (κ3) is 9.44. The van der Waals surface area contributed by atoms with Gasteiger partial charge >= 0.3 is 13.2 Å². The Bertz CT molecular complexity index is 664. The molecule has 2 atom stereocenters. The van der Waals surface area contributed by atoms with E-state index in [1.54, 1.807) is 45.0 Å². The van der Waals surface area contributed by atoms with E-state index in [1.165, 1.54) is 0 Å². The number of carbonyl (C=O) groups excluding carboxylic acids is 2. The Balaban J connectivity index is 2.92. The maximum absolute atomic E-state index is 12.5. The van der Waals surface area contributed by atoms with E-state index in [0.717, 1.165) is 0 Å². The molecule has 1 aromatic carbocycles. The first-order chi connectivity index (χ1) is 12.9. The van der Waals surface area contributed by atoms with E-state index in [0.29, 0.717) is 17.0 Å². The van der Waals surface area contributed by atoms with Crippen molar-refractivity contribution in [2.24, 2.45) is 5.92 Å². The molecule has 156 valence electrons. The van der Waals surface area contributed by atoms with Crippen molar-refractivity contribution in [1.82, 2.24) is 10.6 Å². The highest BCUT2D eigenvalue weighted by Gasteiger charge is 2.28. The molecular weight excluding hydrogens is 382 g/mol. The predicted octanol–water partition coefficient (Wildman–Crippen LogP) is 2.84. The lowest BCUT2D eigenvalue weighted by atomic mass is 9.75. The Morgan fingerprint density at radius 2 is 1.86 bits per heavy atom. The SMILES string of the molecule is CC(C)CC(NC(=O)CC(NC(=O)OC(C)(C)C)c1cccc(Cl)c1)B(O)O. The second-order valence-electron chi connectivity index (χ2n) is 8.18. The Hall–Kier alpha value is -1.77. The number of nitrogens with one attached hydrogen (secondary N) is 2. The van der Waals surface area contributed by atoms with Crippen LogP contribution in [0.1, 0.15) is 59.1 Å². The first-order valence-corrected chi connectivity index (χ1v) is 9.65. The second-order valence-corrected chi connectivity index (χ2v) is 8.61. The van der Waals surface area contributed by atoms with Crippen LogP contribution in [0.15, 0.2) is 24.3 Å². The zero-order chi connectivity index (χ0) is 21.5. The minimum atomic E-state index is -1.67. The van der Waals surface area contributed by atoms with Gasteiger partial charge in [0.25, 0.3) is 0 Å². The monoisotopic (exact) mass is 412 g/mol. The van der Waals surface area contributed by atoms with Gasteiger partial charge in [-0.25, -0.2) is 4.79 Å². The normalized spacial score (nSPS) is 13.6. The smallest absolute Gasteiger partial charge is 0.444 e. The summed E-state index contributed by atoms with van der Waals surface area (Å²) in [6.07, 6.45) is -0.364. The Morgan fingerprint density at radius 3 is 2.36 bits per heavy atom. The fraction of sp³-hybridized carbons (Fsp3) is 0.579. The molecule has 0 saturated carbocycles. The first-order valence-electron chi connectivity index (χ1n) is 9.28. The fourth-order valence-corrected chi connectivity index (χ4v) is 2.84. The van der Waals surface area contributed by atoms with Crippen LogP contribution >= 0.6 is 11.6 Å². The summed E-state index contributed by atoms with van der Waals surface area (Å²) in [6, 6.07) is 6.12. The Labute approximate surface area is 171 Å². The maximum atomic E-state index is 12.5.